The minimum atomic E-state index is -1.18. The molecule has 1 amide bonds. The lowest BCUT2D eigenvalue weighted by atomic mass is 9.80. The number of amides is 1. The summed E-state index contributed by atoms with van der Waals surface area (Å²) in [6.07, 6.45) is 4.30. The number of hydrogen-bond donors (Lipinski definition) is 3. The third-order valence-corrected chi connectivity index (χ3v) is 5.43. The van der Waals surface area contributed by atoms with Gasteiger partial charge in [0.1, 0.15) is 24.0 Å². The Hall–Kier alpha value is -2.08. The van der Waals surface area contributed by atoms with Gasteiger partial charge in [-0.1, -0.05) is 31.3 Å². The molecule has 2 rings (SSSR count). The maximum atomic E-state index is 12.2. The summed E-state index contributed by atoms with van der Waals surface area (Å²) in [7, 11) is -1.02. The van der Waals surface area contributed by atoms with Gasteiger partial charge in [-0.05, 0) is 30.1 Å². The molecule has 164 valence electrons. The largest absolute Gasteiger partial charge is 0.486 e. The van der Waals surface area contributed by atoms with E-state index in [-0.39, 0.29) is 49.0 Å². The number of carbonyl (C=O) groups excluding carboxylic acids is 1. The highest BCUT2D eigenvalue weighted by atomic mass is 32.2. The van der Waals surface area contributed by atoms with E-state index in [1.54, 1.807) is 16.4 Å². The van der Waals surface area contributed by atoms with Gasteiger partial charge in [0.2, 0.25) is 5.91 Å². The number of allylic oxidation sites excluding steroid dienone is 2. The van der Waals surface area contributed by atoms with Crippen molar-refractivity contribution in [2.75, 3.05) is 32.8 Å². The number of aliphatic imine (C=N–C) groups is 1. The fourth-order valence-corrected chi connectivity index (χ4v) is 3.29. The van der Waals surface area contributed by atoms with Crippen LogP contribution in [0.3, 0.4) is 0 Å². The molecule has 1 fully saturated rings. The Morgan fingerprint density at radius 1 is 1.53 bits per heavy atom. The second kappa shape index (κ2) is 11.9. The molecule has 0 aromatic carbocycles. The van der Waals surface area contributed by atoms with Crippen LogP contribution < -0.4 is 5.73 Å². The molecule has 2 aliphatic rings. The van der Waals surface area contributed by atoms with E-state index in [1.807, 2.05) is 13.0 Å². The third-order valence-electron chi connectivity index (χ3n) is 4.70. The first-order chi connectivity index (χ1) is 14.3. The van der Waals surface area contributed by atoms with Crippen molar-refractivity contribution < 1.29 is 29.1 Å². The molecule has 0 radical (unpaired) electrons. The van der Waals surface area contributed by atoms with Gasteiger partial charge in [0.05, 0.1) is 24.7 Å². The summed E-state index contributed by atoms with van der Waals surface area (Å²) >= 11 is 1.28. The van der Waals surface area contributed by atoms with E-state index < -0.39 is 13.1 Å². The molecule has 30 heavy (non-hydrogen) atoms. The molecule has 11 heteroatoms. The first-order valence-corrected chi connectivity index (χ1v) is 10.6. The lowest BCUT2D eigenvalue weighted by Crippen LogP contribution is -2.55. The van der Waals surface area contributed by atoms with Crippen molar-refractivity contribution in [3.63, 3.8) is 0 Å². The average Bonchev–Trinajstić information content (AvgIpc) is 2.68. The smallest absolute Gasteiger partial charge is 0.454 e. The van der Waals surface area contributed by atoms with Gasteiger partial charge in [0.15, 0.2) is 0 Å². The zero-order valence-corrected chi connectivity index (χ0v) is 17.8. The molecule has 0 spiro atoms. The molecule has 1 unspecified atom stereocenters. The van der Waals surface area contributed by atoms with Gasteiger partial charge in [0.25, 0.3) is 0 Å². The molecule has 2 aliphatic heterocycles. The number of thioether (sulfide) groups is 1. The number of nitrogens with two attached hydrogens (primary N) is 1. The van der Waals surface area contributed by atoms with Crippen molar-refractivity contribution in [2.45, 2.75) is 25.8 Å². The van der Waals surface area contributed by atoms with Crippen LogP contribution in [0.5, 0.6) is 0 Å². The number of likely N-dealkylation sites (tertiary alicyclic amines) is 1. The van der Waals surface area contributed by atoms with Crippen LogP contribution in [0.15, 0.2) is 40.5 Å². The van der Waals surface area contributed by atoms with Crippen molar-refractivity contribution in [2.24, 2.45) is 16.6 Å². The van der Waals surface area contributed by atoms with Gasteiger partial charge < -0.3 is 30.2 Å². The second-order valence-corrected chi connectivity index (χ2v) is 8.10. The summed E-state index contributed by atoms with van der Waals surface area (Å²) in [6, 6.07) is 0. The van der Waals surface area contributed by atoms with Crippen LogP contribution >= 0.6 is 11.8 Å². The summed E-state index contributed by atoms with van der Waals surface area (Å²) in [5, 5.41) is 21.6. The predicted octanol–water partition coefficient (Wildman–Crippen LogP) is 0.879. The Morgan fingerprint density at radius 3 is 2.90 bits per heavy atom. The van der Waals surface area contributed by atoms with Crippen molar-refractivity contribution in [3.05, 3.63) is 35.5 Å². The molecular formula is C19H28BN3O6S. The molecule has 0 aromatic rings. The number of nitrogens with zero attached hydrogens (tertiary/aromatic N) is 2. The Morgan fingerprint density at radius 2 is 2.27 bits per heavy atom. The first-order valence-electron chi connectivity index (χ1n) is 9.73. The van der Waals surface area contributed by atoms with E-state index in [1.165, 1.54) is 11.8 Å². The quantitative estimate of drug-likeness (QED) is 0.304. The highest BCUT2D eigenvalue weighted by Gasteiger charge is 2.33. The van der Waals surface area contributed by atoms with Crippen LogP contribution in [0, 0.1) is 5.92 Å². The molecule has 1 saturated heterocycles. The Bertz CT molecular complexity index is 736. The van der Waals surface area contributed by atoms with E-state index >= 15 is 0 Å². The van der Waals surface area contributed by atoms with E-state index in [4.69, 9.17) is 15.1 Å². The monoisotopic (exact) mass is 437 g/mol. The van der Waals surface area contributed by atoms with Crippen molar-refractivity contribution >= 4 is 35.8 Å². The van der Waals surface area contributed by atoms with Crippen LogP contribution in [-0.2, 0) is 19.0 Å². The molecule has 2 heterocycles. The van der Waals surface area contributed by atoms with Crippen molar-refractivity contribution in [3.8, 4) is 0 Å². The van der Waals surface area contributed by atoms with Gasteiger partial charge in [-0.15, -0.1) is 0 Å². The summed E-state index contributed by atoms with van der Waals surface area (Å²) in [5.41, 5.74) is 5.50. The van der Waals surface area contributed by atoms with E-state index in [0.717, 1.165) is 0 Å². The predicted molar refractivity (Wildman–Crippen MR) is 117 cm³/mol. The minimum absolute atomic E-state index is 0.00763. The second-order valence-electron chi connectivity index (χ2n) is 7.06. The summed E-state index contributed by atoms with van der Waals surface area (Å²) in [6.45, 7) is 6.20. The molecule has 0 aromatic heterocycles. The number of aliphatic carboxylic acids is 1. The Balaban J connectivity index is 2.00. The highest BCUT2D eigenvalue weighted by molar-refractivity contribution is 8.16. The van der Waals surface area contributed by atoms with E-state index in [9.17, 15) is 19.7 Å². The third kappa shape index (κ3) is 7.31. The lowest BCUT2D eigenvalue weighted by molar-refractivity contribution is -0.141. The molecule has 4 N–H and O–H groups in total. The van der Waals surface area contributed by atoms with Gasteiger partial charge in [-0.3, -0.25) is 9.79 Å². The standard InChI is InChI=1S/C19H28BN3O6S/c1-3-30-17(8-21)22-9-18(24)23-10-14(11-23)29-16-5-4-13(2)6-7-20(27)28-12-15(16)19(25)26/h3-5,13-14,27H,1,6-12,21H2,2H3,(H,25,26)/b5-4-,16-15-,22-17-. The van der Waals surface area contributed by atoms with Crippen molar-refractivity contribution in [1.29, 1.82) is 0 Å². The summed E-state index contributed by atoms with van der Waals surface area (Å²) in [4.78, 5) is 29.7. The van der Waals surface area contributed by atoms with Crippen molar-refractivity contribution in [1.82, 2.24) is 4.90 Å². The lowest BCUT2D eigenvalue weighted by Gasteiger charge is -2.39. The Labute approximate surface area is 180 Å². The summed E-state index contributed by atoms with van der Waals surface area (Å²) in [5.74, 6) is -1.02. The minimum Gasteiger partial charge on any atom is -0.486 e. The number of hydrogen-bond acceptors (Lipinski definition) is 8. The molecular weight excluding hydrogens is 409 g/mol. The van der Waals surface area contributed by atoms with Gasteiger partial charge in [-0.25, -0.2) is 4.79 Å². The molecule has 0 aliphatic carbocycles. The number of carboxylic acids is 1. The molecule has 0 bridgehead atoms. The Kier molecular flexibility index (Phi) is 9.63. The molecule has 0 saturated carbocycles. The zero-order chi connectivity index (χ0) is 22.1. The van der Waals surface area contributed by atoms with Gasteiger partial charge in [0, 0.05) is 6.54 Å². The van der Waals surface area contributed by atoms with Crippen LogP contribution in [0.25, 0.3) is 0 Å². The van der Waals surface area contributed by atoms with Crippen LogP contribution in [0.4, 0.5) is 0 Å². The first kappa shape index (κ1) is 24.2. The summed E-state index contributed by atoms with van der Waals surface area (Å²) < 4.78 is 11.1. The average molecular weight is 437 g/mol. The maximum absolute atomic E-state index is 12.2. The molecule has 1 atom stereocenters. The number of rotatable bonds is 7. The fourth-order valence-electron chi connectivity index (χ4n) is 2.86. The maximum Gasteiger partial charge on any atom is 0.454 e. The topological polar surface area (TPSA) is 135 Å². The number of carboxylic acid groups (broad SMARTS) is 1. The van der Waals surface area contributed by atoms with Gasteiger partial charge in [-0.2, -0.15) is 0 Å². The fraction of sp³-hybridized carbons (Fsp3) is 0.526. The zero-order valence-electron chi connectivity index (χ0n) is 17.0. The van der Waals surface area contributed by atoms with Crippen LogP contribution in [0.2, 0.25) is 6.32 Å². The SMILES string of the molecule is C=CS/C(CN)=N\CC(=O)N1CC(OC2=C(\C(=O)O)COB(O)CCC(C)/C=C\2)C1. The van der Waals surface area contributed by atoms with Crippen LogP contribution in [0.1, 0.15) is 13.3 Å². The highest BCUT2D eigenvalue weighted by Crippen LogP contribution is 2.22. The van der Waals surface area contributed by atoms with E-state index in [0.29, 0.717) is 30.9 Å². The van der Waals surface area contributed by atoms with E-state index in [2.05, 4.69) is 11.6 Å². The number of carbonyl (C=O) groups is 2. The van der Waals surface area contributed by atoms with Crippen LogP contribution in [-0.4, -0.2) is 78.0 Å². The normalized spacial score (nSPS) is 24.8. The molecule has 9 nitrogen and oxygen atoms in total. The van der Waals surface area contributed by atoms with Gasteiger partial charge >= 0.3 is 13.1 Å². The number of ether oxygens (including phenoxy) is 1.